The quantitative estimate of drug-likeness (QED) is 0.831. The summed E-state index contributed by atoms with van der Waals surface area (Å²) in [7, 11) is 0. The van der Waals surface area contributed by atoms with Crippen LogP contribution in [0.4, 0.5) is 0 Å². The normalized spacial score (nSPS) is 20.1. The first kappa shape index (κ1) is 15.2. The molecule has 1 saturated carbocycles. The summed E-state index contributed by atoms with van der Waals surface area (Å²) in [5.74, 6) is 0.938. The summed E-state index contributed by atoms with van der Waals surface area (Å²) < 4.78 is 1.97. The molecule has 0 N–H and O–H groups in total. The molecule has 8 heteroatoms. The number of tetrazole rings is 1. The number of rotatable bonds is 4. The van der Waals surface area contributed by atoms with Gasteiger partial charge < -0.3 is 4.90 Å². The van der Waals surface area contributed by atoms with Crippen molar-refractivity contribution in [2.45, 2.75) is 31.8 Å². The van der Waals surface area contributed by atoms with Crippen molar-refractivity contribution in [2.75, 3.05) is 26.2 Å². The fourth-order valence-electron chi connectivity index (χ4n) is 3.18. The van der Waals surface area contributed by atoms with E-state index in [-0.39, 0.29) is 11.9 Å². The highest BCUT2D eigenvalue weighted by molar-refractivity contribution is 5.92. The van der Waals surface area contributed by atoms with Crippen LogP contribution >= 0.6 is 0 Å². The largest absolute Gasteiger partial charge is 0.335 e. The van der Waals surface area contributed by atoms with Crippen molar-refractivity contribution in [1.82, 2.24) is 35.0 Å². The Kier molecular flexibility index (Phi) is 3.97. The van der Waals surface area contributed by atoms with Crippen LogP contribution < -0.4 is 0 Å². The minimum Gasteiger partial charge on any atom is -0.335 e. The maximum atomic E-state index is 12.5. The summed E-state index contributed by atoms with van der Waals surface area (Å²) in [6.07, 6.45) is 3.98. The minimum absolute atomic E-state index is 0.00529. The zero-order valence-corrected chi connectivity index (χ0v) is 13.7. The number of piperazine rings is 1. The van der Waals surface area contributed by atoms with Gasteiger partial charge in [0.2, 0.25) is 0 Å². The molecule has 24 heavy (non-hydrogen) atoms. The molecule has 0 radical (unpaired) electrons. The van der Waals surface area contributed by atoms with Crippen molar-refractivity contribution in [3.05, 3.63) is 35.9 Å². The molecule has 0 aromatic carbocycles. The maximum Gasteiger partial charge on any atom is 0.272 e. The molecule has 1 aliphatic carbocycles. The molecule has 1 atom stereocenters. The Morgan fingerprint density at radius 3 is 2.67 bits per heavy atom. The van der Waals surface area contributed by atoms with Crippen LogP contribution in [0.5, 0.6) is 0 Å². The van der Waals surface area contributed by atoms with Gasteiger partial charge in [0.05, 0.1) is 12.1 Å². The second-order valence-corrected chi connectivity index (χ2v) is 6.43. The van der Waals surface area contributed by atoms with E-state index < -0.39 is 0 Å². The monoisotopic (exact) mass is 327 g/mol. The van der Waals surface area contributed by atoms with E-state index in [1.165, 1.54) is 0 Å². The van der Waals surface area contributed by atoms with Crippen LogP contribution in [0.1, 0.15) is 48.2 Å². The Morgan fingerprint density at radius 1 is 1.21 bits per heavy atom. The standard InChI is InChI=1S/C16H21N7O/c1-12(15-18-19-20-23(15)13-5-6-13)21-8-10-22(11-9-21)16(24)14-4-2-3-7-17-14/h2-4,7,12-13H,5-6,8-11H2,1H3. The van der Waals surface area contributed by atoms with Crippen molar-refractivity contribution in [1.29, 1.82) is 0 Å². The molecular weight excluding hydrogens is 306 g/mol. The Balaban J connectivity index is 1.39. The molecular formula is C16H21N7O. The molecule has 2 aromatic rings. The summed E-state index contributed by atoms with van der Waals surface area (Å²) in [6.45, 7) is 5.17. The molecule has 8 nitrogen and oxygen atoms in total. The average molecular weight is 327 g/mol. The first-order valence-corrected chi connectivity index (χ1v) is 8.46. The van der Waals surface area contributed by atoms with Gasteiger partial charge in [-0.05, 0) is 42.3 Å². The van der Waals surface area contributed by atoms with E-state index in [4.69, 9.17) is 0 Å². The average Bonchev–Trinajstić information content (AvgIpc) is 3.38. The summed E-state index contributed by atoms with van der Waals surface area (Å²) in [6, 6.07) is 6.06. The van der Waals surface area contributed by atoms with E-state index in [0.717, 1.165) is 31.8 Å². The third kappa shape index (κ3) is 2.89. The number of carbonyl (C=O) groups excluding carboxylic acids is 1. The molecule has 1 aliphatic heterocycles. The molecule has 126 valence electrons. The molecule has 2 aromatic heterocycles. The van der Waals surface area contributed by atoms with E-state index in [1.54, 1.807) is 12.3 Å². The lowest BCUT2D eigenvalue weighted by Crippen LogP contribution is -2.49. The number of hydrogen-bond acceptors (Lipinski definition) is 6. The van der Waals surface area contributed by atoms with Crippen LogP contribution in [0, 0.1) is 0 Å². The van der Waals surface area contributed by atoms with Gasteiger partial charge in [-0.15, -0.1) is 5.10 Å². The van der Waals surface area contributed by atoms with Crippen molar-refractivity contribution >= 4 is 5.91 Å². The lowest BCUT2D eigenvalue weighted by Gasteiger charge is -2.37. The number of nitrogens with zero attached hydrogens (tertiary/aromatic N) is 7. The molecule has 1 unspecified atom stereocenters. The second kappa shape index (κ2) is 6.27. The number of aromatic nitrogens is 5. The van der Waals surface area contributed by atoms with E-state index in [1.807, 2.05) is 21.7 Å². The molecule has 2 aliphatic rings. The number of pyridine rings is 1. The highest BCUT2D eigenvalue weighted by Gasteiger charge is 2.33. The summed E-state index contributed by atoms with van der Waals surface area (Å²) in [5, 5.41) is 12.2. The maximum absolute atomic E-state index is 12.5. The number of hydrogen-bond donors (Lipinski definition) is 0. The smallest absolute Gasteiger partial charge is 0.272 e. The SMILES string of the molecule is CC(c1nnnn1C1CC1)N1CCN(C(=O)c2ccccn2)CC1. The van der Waals surface area contributed by atoms with Gasteiger partial charge in [-0.25, -0.2) is 4.68 Å². The third-order valence-corrected chi connectivity index (χ3v) is 4.82. The third-order valence-electron chi connectivity index (χ3n) is 4.82. The molecule has 4 rings (SSSR count). The topological polar surface area (TPSA) is 80.0 Å². The lowest BCUT2D eigenvalue weighted by molar-refractivity contribution is 0.0565. The van der Waals surface area contributed by atoms with Gasteiger partial charge >= 0.3 is 0 Å². The summed E-state index contributed by atoms with van der Waals surface area (Å²) >= 11 is 0. The lowest BCUT2D eigenvalue weighted by atomic mass is 10.2. The minimum atomic E-state index is 0.00529. The van der Waals surface area contributed by atoms with Crippen LogP contribution in [0.25, 0.3) is 0 Å². The number of amides is 1. The van der Waals surface area contributed by atoms with Crippen LogP contribution in [0.15, 0.2) is 24.4 Å². The molecule has 1 saturated heterocycles. The fraction of sp³-hybridized carbons (Fsp3) is 0.562. The first-order chi connectivity index (χ1) is 11.7. The van der Waals surface area contributed by atoms with E-state index in [9.17, 15) is 4.79 Å². The van der Waals surface area contributed by atoms with E-state index >= 15 is 0 Å². The van der Waals surface area contributed by atoms with Gasteiger partial charge in [0, 0.05) is 32.4 Å². The van der Waals surface area contributed by atoms with Gasteiger partial charge in [0.15, 0.2) is 5.82 Å². The van der Waals surface area contributed by atoms with Gasteiger partial charge in [-0.3, -0.25) is 14.7 Å². The predicted molar refractivity (Wildman–Crippen MR) is 86.2 cm³/mol. The van der Waals surface area contributed by atoms with Crippen molar-refractivity contribution in [3.8, 4) is 0 Å². The molecule has 3 heterocycles. The van der Waals surface area contributed by atoms with Crippen LogP contribution in [-0.4, -0.2) is 67.1 Å². The van der Waals surface area contributed by atoms with Crippen LogP contribution in [-0.2, 0) is 0 Å². The number of carbonyl (C=O) groups is 1. The Labute approximate surface area is 140 Å². The highest BCUT2D eigenvalue weighted by atomic mass is 16.2. The van der Waals surface area contributed by atoms with E-state index in [2.05, 4.69) is 32.3 Å². The molecule has 2 fully saturated rings. The summed E-state index contributed by atoms with van der Waals surface area (Å²) in [4.78, 5) is 20.8. The van der Waals surface area contributed by atoms with Crippen molar-refractivity contribution in [2.24, 2.45) is 0 Å². The second-order valence-electron chi connectivity index (χ2n) is 6.43. The predicted octanol–water partition coefficient (Wildman–Crippen LogP) is 0.922. The molecule has 0 spiro atoms. The van der Waals surface area contributed by atoms with Gasteiger partial charge in [-0.2, -0.15) is 0 Å². The van der Waals surface area contributed by atoms with Gasteiger partial charge in [0.1, 0.15) is 5.69 Å². The summed E-state index contributed by atoms with van der Waals surface area (Å²) in [5.41, 5.74) is 0.511. The highest BCUT2D eigenvalue weighted by Crippen LogP contribution is 2.36. The Bertz CT molecular complexity index is 704. The van der Waals surface area contributed by atoms with Crippen LogP contribution in [0.3, 0.4) is 0 Å². The zero-order valence-electron chi connectivity index (χ0n) is 13.7. The van der Waals surface area contributed by atoms with Gasteiger partial charge in [-0.1, -0.05) is 6.07 Å². The Morgan fingerprint density at radius 2 is 2.00 bits per heavy atom. The van der Waals surface area contributed by atoms with Crippen molar-refractivity contribution < 1.29 is 4.79 Å². The zero-order chi connectivity index (χ0) is 16.5. The first-order valence-electron chi connectivity index (χ1n) is 8.46. The van der Waals surface area contributed by atoms with Crippen LogP contribution in [0.2, 0.25) is 0 Å². The molecule has 0 bridgehead atoms. The van der Waals surface area contributed by atoms with E-state index in [0.29, 0.717) is 24.8 Å². The van der Waals surface area contributed by atoms with Gasteiger partial charge in [0.25, 0.3) is 5.91 Å². The molecule has 1 amide bonds. The Hall–Kier alpha value is -2.35. The van der Waals surface area contributed by atoms with Crippen molar-refractivity contribution in [3.63, 3.8) is 0 Å². The fourth-order valence-corrected chi connectivity index (χ4v) is 3.18.